The number of carbonyl (C=O) groups is 1. The third-order valence-corrected chi connectivity index (χ3v) is 2.88. The number of amides is 1. The van der Waals surface area contributed by atoms with Crippen LogP contribution in [0.5, 0.6) is 0 Å². The molecule has 0 atom stereocenters. The van der Waals surface area contributed by atoms with Crippen molar-refractivity contribution in [2.75, 3.05) is 25.0 Å². The lowest BCUT2D eigenvalue weighted by molar-refractivity contribution is 0.242. The lowest BCUT2D eigenvalue weighted by Gasteiger charge is -2.19. The molecular formula is C14H18N4O. The molecule has 1 aromatic carbocycles. The minimum Gasteiger partial charge on any atom is -0.375 e. The van der Waals surface area contributed by atoms with Gasteiger partial charge < -0.3 is 10.2 Å². The van der Waals surface area contributed by atoms with Crippen LogP contribution in [0, 0.1) is 0 Å². The fraction of sp³-hybridized carbons (Fsp3) is 0.286. The van der Waals surface area contributed by atoms with Crippen LogP contribution in [0.4, 0.5) is 10.5 Å². The molecule has 0 unspecified atom stereocenters. The van der Waals surface area contributed by atoms with E-state index < -0.39 is 0 Å². The van der Waals surface area contributed by atoms with Crippen molar-refractivity contribution in [3.63, 3.8) is 0 Å². The Hall–Kier alpha value is -2.30. The second kappa shape index (κ2) is 6.58. The number of aromatic nitrogens is 2. The first-order valence-electron chi connectivity index (χ1n) is 6.30. The van der Waals surface area contributed by atoms with Gasteiger partial charge >= 0.3 is 6.03 Å². The lowest BCUT2D eigenvalue weighted by atomic mass is 10.3. The maximum Gasteiger partial charge on any atom is 0.326 e. The van der Waals surface area contributed by atoms with Crippen LogP contribution in [-0.2, 0) is 0 Å². The molecule has 0 fully saturated rings. The fourth-order valence-electron chi connectivity index (χ4n) is 1.79. The predicted octanol–water partition coefficient (Wildman–Crippen LogP) is 1.97. The van der Waals surface area contributed by atoms with Crippen molar-refractivity contribution in [1.29, 1.82) is 0 Å². The third kappa shape index (κ3) is 3.84. The van der Waals surface area contributed by atoms with Gasteiger partial charge in [0.2, 0.25) is 0 Å². The second-order valence-electron chi connectivity index (χ2n) is 4.31. The van der Waals surface area contributed by atoms with Crippen LogP contribution in [0.15, 0.2) is 49.1 Å². The number of carbonyl (C=O) groups excluding carboxylic acids is 1. The molecule has 1 heterocycles. The highest BCUT2D eigenvalue weighted by Gasteiger charge is 2.03. The van der Waals surface area contributed by atoms with Crippen molar-refractivity contribution < 1.29 is 4.79 Å². The first-order valence-corrected chi connectivity index (χ1v) is 6.30. The summed E-state index contributed by atoms with van der Waals surface area (Å²) in [5, 5.41) is 2.85. The zero-order chi connectivity index (χ0) is 13.5. The van der Waals surface area contributed by atoms with E-state index in [1.807, 2.05) is 25.2 Å². The molecule has 5 nitrogen and oxygen atoms in total. The molecule has 2 aromatic rings. The van der Waals surface area contributed by atoms with Gasteiger partial charge in [0.25, 0.3) is 0 Å². The van der Waals surface area contributed by atoms with Gasteiger partial charge in [0.15, 0.2) is 0 Å². The standard InChI is InChI=1S/C14H18N4O/c1-17(13-6-3-2-4-7-13)10-5-8-16-14(19)18-11-9-15-12-18/h2-4,6-7,9,11-12H,5,8,10H2,1H3,(H,16,19). The summed E-state index contributed by atoms with van der Waals surface area (Å²) in [4.78, 5) is 17.6. The summed E-state index contributed by atoms with van der Waals surface area (Å²) in [5.41, 5.74) is 1.18. The Labute approximate surface area is 112 Å². The minimum absolute atomic E-state index is 0.139. The van der Waals surface area contributed by atoms with Crippen LogP contribution >= 0.6 is 0 Å². The zero-order valence-electron chi connectivity index (χ0n) is 11.0. The number of hydrogen-bond donors (Lipinski definition) is 1. The van der Waals surface area contributed by atoms with Crippen molar-refractivity contribution in [2.24, 2.45) is 0 Å². The largest absolute Gasteiger partial charge is 0.375 e. The van der Waals surface area contributed by atoms with Gasteiger partial charge in [-0.3, -0.25) is 4.57 Å². The first kappa shape index (κ1) is 13.1. The van der Waals surface area contributed by atoms with Crippen molar-refractivity contribution in [3.05, 3.63) is 49.1 Å². The number of imidazole rings is 1. The Kier molecular flexibility index (Phi) is 4.55. The van der Waals surface area contributed by atoms with Crippen LogP contribution in [0.1, 0.15) is 6.42 Å². The monoisotopic (exact) mass is 258 g/mol. The van der Waals surface area contributed by atoms with Crippen molar-refractivity contribution in [2.45, 2.75) is 6.42 Å². The van der Waals surface area contributed by atoms with E-state index in [0.717, 1.165) is 13.0 Å². The molecule has 100 valence electrons. The Morgan fingerprint density at radius 2 is 2.16 bits per heavy atom. The Bertz CT molecular complexity index is 495. The van der Waals surface area contributed by atoms with E-state index in [-0.39, 0.29) is 6.03 Å². The normalized spacial score (nSPS) is 10.2. The Morgan fingerprint density at radius 1 is 1.37 bits per heavy atom. The molecule has 19 heavy (non-hydrogen) atoms. The highest BCUT2D eigenvalue weighted by Crippen LogP contribution is 2.10. The van der Waals surface area contributed by atoms with Crippen LogP contribution < -0.4 is 10.2 Å². The van der Waals surface area contributed by atoms with Crippen LogP contribution in [0.25, 0.3) is 0 Å². The van der Waals surface area contributed by atoms with Gasteiger partial charge in [0.1, 0.15) is 6.33 Å². The number of para-hydroxylation sites is 1. The van der Waals surface area contributed by atoms with E-state index in [4.69, 9.17) is 0 Å². The van der Waals surface area contributed by atoms with E-state index in [9.17, 15) is 4.79 Å². The molecular weight excluding hydrogens is 240 g/mol. The SMILES string of the molecule is CN(CCCNC(=O)n1ccnc1)c1ccccc1. The second-order valence-corrected chi connectivity index (χ2v) is 4.31. The number of anilines is 1. The highest BCUT2D eigenvalue weighted by molar-refractivity contribution is 5.76. The molecule has 1 amide bonds. The average Bonchev–Trinajstić information content (AvgIpc) is 2.98. The summed E-state index contributed by atoms with van der Waals surface area (Å²) < 4.78 is 1.43. The van der Waals surface area contributed by atoms with E-state index in [0.29, 0.717) is 6.54 Å². The van der Waals surface area contributed by atoms with Gasteiger partial charge in [-0.25, -0.2) is 9.78 Å². The number of rotatable bonds is 5. The molecule has 0 spiro atoms. The molecule has 0 radical (unpaired) electrons. The molecule has 0 bridgehead atoms. The molecule has 2 rings (SSSR count). The first-order chi connectivity index (χ1) is 9.27. The molecule has 0 aliphatic carbocycles. The summed E-state index contributed by atoms with van der Waals surface area (Å²) >= 11 is 0. The Balaban J connectivity index is 1.68. The van der Waals surface area contributed by atoms with Gasteiger partial charge in [-0.15, -0.1) is 0 Å². The predicted molar refractivity (Wildman–Crippen MR) is 75.4 cm³/mol. The molecule has 0 saturated carbocycles. The third-order valence-electron chi connectivity index (χ3n) is 2.88. The summed E-state index contributed by atoms with van der Waals surface area (Å²) in [5.74, 6) is 0. The smallest absolute Gasteiger partial charge is 0.326 e. The number of nitrogens with zero attached hydrogens (tertiary/aromatic N) is 3. The van der Waals surface area contributed by atoms with Crippen molar-refractivity contribution in [3.8, 4) is 0 Å². The maximum absolute atomic E-state index is 11.6. The van der Waals surface area contributed by atoms with Gasteiger partial charge in [-0.05, 0) is 18.6 Å². The van der Waals surface area contributed by atoms with Crippen molar-refractivity contribution >= 4 is 11.7 Å². The lowest BCUT2D eigenvalue weighted by Crippen LogP contribution is -2.30. The van der Waals surface area contributed by atoms with Gasteiger partial charge in [-0.2, -0.15) is 0 Å². The van der Waals surface area contributed by atoms with Crippen LogP contribution in [-0.4, -0.2) is 35.7 Å². The van der Waals surface area contributed by atoms with Crippen molar-refractivity contribution in [1.82, 2.24) is 14.9 Å². The average molecular weight is 258 g/mol. The molecule has 1 aromatic heterocycles. The maximum atomic E-state index is 11.6. The van der Waals surface area contributed by atoms with Gasteiger partial charge in [0.05, 0.1) is 0 Å². The molecule has 0 saturated heterocycles. The zero-order valence-corrected chi connectivity index (χ0v) is 11.0. The van der Waals surface area contributed by atoms with E-state index in [1.165, 1.54) is 16.6 Å². The quantitative estimate of drug-likeness (QED) is 0.834. The summed E-state index contributed by atoms with van der Waals surface area (Å²) in [6.45, 7) is 1.54. The van der Waals surface area contributed by atoms with Crippen LogP contribution in [0.3, 0.4) is 0 Å². The number of benzene rings is 1. The van der Waals surface area contributed by atoms with Gasteiger partial charge in [-0.1, -0.05) is 18.2 Å². The Morgan fingerprint density at radius 3 is 2.84 bits per heavy atom. The number of nitrogens with one attached hydrogen (secondary N) is 1. The molecule has 1 N–H and O–H groups in total. The summed E-state index contributed by atoms with van der Waals surface area (Å²) in [6.07, 6.45) is 5.60. The van der Waals surface area contributed by atoms with Gasteiger partial charge in [0, 0.05) is 38.2 Å². The summed E-state index contributed by atoms with van der Waals surface area (Å²) in [6, 6.07) is 10.1. The number of hydrogen-bond acceptors (Lipinski definition) is 3. The van der Waals surface area contributed by atoms with Crippen LogP contribution in [0.2, 0.25) is 0 Å². The minimum atomic E-state index is -0.139. The molecule has 0 aliphatic heterocycles. The van der Waals surface area contributed by atoms with E-state index in [2.05, 4.69) is 27.3 Å². The van der Waals surface area contributed by atoms with E-state index in [1.54, 1.807) is 12.4 Å². The molecule has 0 aliphatic rings. The fourth-order valence-corrected chi connectivity index (χ4v) is 1.79. The molecule has 5 heteroatoms. The topological polar surface area (TPSA) is 50.2 Å². The summed E-state index contributed by atoms with van der Waals surface area (Å²) in [7, 11) is 2.05. The van der Waals surface area contributed by atoms with E-state index >= 15 is 0 Å². The highest BCUT2D eigenvalue weighted by atomic mass is 16.2.